The molecule has 0 saturated heterocycles. The first-order valence-corrected chi connectivity index (χ1v) is 5.60. The number of carbonyl (C=O) groups excluding carboxylic acids is 1. The van der Waals surface area contributed by atoms with Gasteiger partial charge in [-0.25, -0.2) is 0 Å². The van der Waals surface area contributed by atoms with Gasteiger partial charge in [-0.2, -0.15) is 0 Å². The molecular weight excluding hydrogens is 240 g/mol. The van der Waals surface area contributed by atoms with Crippen molar-refractivity contribution in [2.24, 2.45) is 0 Å². The Balaban J connectivity index is 0.000000791. The van der Waals surface area contributed by atoms with Crippen LogP contribution in [0.4, 0.5) is 0 Å². The van der Waals surface area contributed by atoms with E-state index in [1.807, 2.05) is 58.0 Å². The third-order valence-corrected chi connectivity index (χ3v) is 1.94. The van der Waals surface area contributed by atoms with Gasteiger partial charge in [0.2, 0.25) is 0 Å². The largest absolute Gasteiger partial charge is 0.293 e. The Kier molecular flexibility index (Phi) is 5.70. The summed E-state index contributed by atoms with van der Waals surface area (Å²) in [5.74, 6) is 0.114. The lowest BCUT2D eigenvalue weighted by Crippen LogP contribution is -2.23. The number of hydrogen-bond donors (Lipinski definition) is 0. The summed E-state index contributed by atoms with van der Waals surface area (Å²) >= 11 is 3.33. The SMILES string of the molecule is CC.CC(C)(Br)C(=O)c1ccccc1. The number of alkyl halides is 1. The molecule has 0 aliphatic heterocycles. The number of halogens is 1. The van der Waals surface area contributed by atoms with Gasteiger partial charge in [0, 0.05) is 5.56 Å². The molecule has 0 heterocycles. The van der Waals surface area contributed by atoms with Crippen LogP contribution in [0.15, 0.2) is 30.3 Å². The number of hydrogen-bond acceptors (Lipinski definition) is 1. The molecule has 0 radical (unpaired) electrons. The Morgan fingerprint density at radius 2 is 1.57 bits per heavy atom. The molecule has 78 valence electrons. The van der Waals surface area contributed by atoms with Crippen molar-refractivity contribution in [2.45, 2.75) is 32.0 Å². The van der Waals surface area contributed by atoms with Crippen LogP contribution in [0.2, 0.25) is 0 Å². The predicted octanol–water partition coefficient (Wildman–Crippen LogP) is 4.07. The van der Waals surface area contributed by atoms with Gasteiger partial charge in [0.25, 0.3) is 0 Å². The molecule has 1 aromatic carbocycles. The molecule has 0 unspecified atom stereocenters. The molecule has 14 heavy (non-hydrogen) atoms. The summed E-state index contributed by atoms with van der Waals surface area (Å²) in [4.78, 5) is 11.6. The van der Waals surface area contributed by atoms with Gasteiger partial charge in [-0.15, -0.1) is 0 Å². The van der Waals surface area contributed by atoms with Crippen molar-refractivity contribution >= 4 is 21.7 Å². The minimum absolute atomic E-state index is 0.114. The van der Waals surface area contributed by atoms with E-state index in [9.17, 15) is 4.79 Å². The van der Waals surface area contributed by atoms with E-state index in [0.29, 0.717) is 0 Å². The van der Waals surface area contributed by atoms with Crippen LogP contribution >= 0.6 is 15.9 Å². The zero-order valence-electron chi connectivity index (χ0n) is 9.17. The van der Waals surface area contributed by atoms with Crippen LogP contribution in [0.25, 0.3) is 0 Å². The summed E-state index contributed by atoms with van der Waals surface area (Å²) in [6.07, 6.45) is 0. The van der Waals surface area contributed by atoms with Crippen molar-refractivity contribution < 1.29 is 4.79 Å². The highest BCUT2D eigenvalue weighted by atomic mass is 79.9. The quantitative estimate of drug-likeness (QED) is 0.576. The monoisotopic (exact) mass is 256 g/mol. The summed E-state index contributed by atoms with van der Waals surface area (Å²) in [5, 5.41) is 0. The first-order chi connectivity index (χ1) is 6.52. The maximum absolute atomic E-state index is 11.6. The Hall–Kier alpha value is -0.630. The van der Waals surface area contributed by atoms with E-state index in [0.717, 1.165) is 5.56 Å². The highest BCUT2D eigenvalue weighted by Gasteiger charge is 2.24. The molecule has 0 aliphatic rings. The predicted molar refractivity (Wildman–Crippen MR) is 65.1 cm³/mol. The van der Waals surface area contributed by atoms with E-state index in [1.54, 1.807) is 0 Å². The molecule has 0 saturated carbocycles. The summed E-state index contributed by atoms with van der Waals surface area (Å²) in [6.45, 7) is 7.70. The molecule has 0 bridgehead atoms. The average Bonchev–Trinajstić information content (AvgIpc) is 2.20. The second-order valence-corrected chi connectivity index (χ2v) is 5.15. The lowest BCUT2D eigenvalue weighted by Gasteiger charge is -2.13. The second-order valence-electron chi connectivity index (χ2n) is 3.17. The third-order valence-electron chi connectivity index (χ3n) is 1.58. The average molecular weight is 257 g/mol. The van der Waals surface area contributed by atoms with Crippen LogP contribution < -0.4 is 0 Å². The first-order valence-electron chi connectivity index (χ1n) is 4.80. The van der Waals surface area contributed by atoms with Crippen LogP contribution in [0, 0.1) is 0 Å². The number of rotatable bonds is 2. The standard InChI is InChI=1S/C10H11BrO.C2H6/c1-10(2,11)9(12)8-6-4-3-5-7-8;1-2/h3-7H,1-2H3;1-2H3. The van der Waals surface area contributed by atoms with Gasteiger partial charge >= 0.3 is 0 Å². The zero-order valence-corrected chi connectivity index (χ0v) is 10.8. The summed E-state index contributed by atoms with van der Waals surface area (Å²) in [6, 6.07) is 9.28. The highest BCUT2D eigenvalue weighted by Crippen LogP contribution is 2.21. The molecular formula is C12H17BrO. The minimum Gasteiger partial charge on any atom is -0.293 e. The van der Waals surface area contributed by atoms with Crippen molar-refractivity contribution in [3.63, 3.8) is 0 Å². The molecule has 0 amide bonds. The Morgan fingerprint density at radius 1 is 1.14 bits per heavy atom. The molecule has 0 N–H and O–H groups in total. The van der Waals surface area contributed by atoms with Crippen LogP contribution in [0.1, 0.15) is 38.1 Å². The fourth-order valence-electron chi connectivity index (χ4n) is 0.933. The van der Waals surface area contributed by atoms with Crippen LogP contribution in [0.3, 0.4) is 0 Å². The van der Waals surface area contributed by atoms with Crippen molar-refractivity contribution in [1.82, 2.24) is 0 Å². The van der Waals surface area contributed by atoms with Gasteiger partial charge in [-0.3, -0.25) is 4.79 Å². The molecule has 0 fully saturated rings. The Bertz CT molecular complexity index is 272. The summed E-state index contributed by atoms with van der Waals surface area (Å²) in [7, 11) is 0. The van der Waals surface area contributed by atoms with Crippen molar-refractivity contribution in [2.75, 3.05) is 0 Å². The molecule has 0 spiro atoms. The van der Waals surface area contributed by atoms with E-state index < -0.39 is 4.32 Å². The van der Waals surface area contributed by atoms with Crippen molar-refractivity contribution in [3.8, 4) is 0 Å². The summed E-state index contributed by atoms with van der Waals surface area (Å²) in [5.41, 5.74) is 0.749. The fraction of sp³-hybridized carbons (Fsp3) is 0.417. The van der Waals surface area contributed by atoms with Gasteiger partial charge in [0.1, 0.15) is 0 Å². The van der Waals surface area contributed by atoms with E-state index in [-0.39, 0.29) is 5.78 Å². The number of ketones is 1. The van der Waals surface area contributed by atoms with Crippen LogP contribution in [-0.4, -0.2) is 10.1 Å². The third kappa shape index (κ3) is 4.05. The first kappa shape index (κ1) is 13.4. The molecule has 1 nitrogen and oxygen atoms in total. The second kappa shape index (κ2) is 5.97. The van der Waals surface area contributed by atoms with E-state index in [1.165, 1.54) is 0 Å². The molecule has 0 aliphatic carbocycles. The molecule has 2 heteroatoms. The summed E-state index contributed by atoms with van der Waals surface area (Å²) < 4.78 is -0.464. The molecule has 1 aromatic rings. The Labute approximate surface area is 94.7 Å². The van der Waals surface area contributed by atoms with E-state index in [4.69, 9.17) is 0 Å². The maximum Gasteiger partial charge on any atom is 0.178 e. The molecule has 0 aromatic heterocycles. The van der Waals surface area contributed by atoms with Crippen molar-refractivity contribution in [3.05, 3.63) is 35.9 Å². The minimum atomic E-state index is -0.464. The number of Topliss-reactive ketones (excluding diaryl/α,β-unsaturated/α-hetero) is 1. The fourth-order valence-corrected chi connectivity index (χ4v) is 1.16. The van der Waals surface area contributed by atoms with Gasteiger partial charge < -0.3 is 0 Å². The van der Waals surface area contributed by atoms with Gasteiger partial charge in [-0.05, 0) is 13.8 Å². The topological polar surface area (TPSA) is 17.1 Å². The van der Waals surface area contributed by atoms with Gasteiger partial charge in [0.15, 0.2) is 5.78 Å². The van der Waals surface area contributed by atoms with Crippen molar-refractivity contribution in [1.29, 1.82) is 0 Å². The lowest BCUT2D eigenvalue weighted by atomic mass is 10.0. The maximum atomic E-state index is 11.6. The number of benzene rings is 1. The normalized spacial score (nSPS) is 10.1. The van der Waals surface area contributed by atoms with Crippen LogP contribution in [0.5, 0.6) is 0 Å². The smallest absolute Gasteiger partial charge is 0.178 e. The van der Waals surface area contributed by atoms with Crippen LogP contribution in [-0.2, 0) is 0 Å². The van der Waals surface area contributed by atoms with Gasteiger partial charge in [0.05, 0.1) is 4.32 Å². The molecule has 1 rings (SSSR count). The Morgan fingerprint density at radius 3 is 1.93 bits per heavy atom. The zero-order chi connectivity index (χ0) is 11.2. The highest BCUT2D eigenvalue weighted by molar-refractivity contribution is 9.10. The van der Waals surface area contributed by atoms with E-state index in [2.05, 4.69) is 15.9 Å². The van der Waals surface area contributed by atoms with E-state index >= 15 is 0 Å². The number of carbonyl (C=O) groups is 1. The van der Waals surface area contributed by atoms with Gasteiger partial charge in [-0.1, -0.05) is 60.1 Å². The lowest BCUT2D eigenvalue weighted by molar-refractivity contribution is 0.0961. The molecule has 0 atom stereocenters.